The molecule has 0 spiro atoms. The standard InChI is InChI=1S/C12H22N2O6/c1-12(2)7-14(5-8(6-16)20-12)11(19)13-9(3-4-15)10(17)18/h8-9,15-16H,3-7H2,1-2H3,(H,13,19)(H,17,18)/t8?,9-/m1/s1. The summed E-state index contributed by atoms with van der Waals surface area (Å²) in [6.07, 6.45) is -0.552. The van der Waals surface area contributed by atoms with Crippen LogP contribution in [0.4, 0.5) is 4.79 Å². The SMILES string of the molecule is CC1(C)CN(C(=O)N[C@H](CCO)C(=O)O)CC(CO)O1. The fraction of sp³-hybridized carbons (Fsp3) is 0.833. The number of rotatable bonds is 5. The number of urea groups is 1. The van der Waals surface area contributed by atoms with Crippen LogP contribution in [0.25, 0.3) is 0 Å². The van der Waals surface area contributed by atoms with Crippen molar-refractivity contribution in [3.8, 4) is 0 Å². The number of amides is 2. The molecule has 0 aromatic heterocycles. The number of aliphatic hydroxyl groups is 2. The average Bonchev–Trinajstić information content (AvgIpc) is 2.35. The quantitative estimate of drug-likeness (QED) is 0.516. The van der Waals surface area contributed by atoms with Crippen molar-refractivity contribution in [1.82, 2.24) is 10.2 Å². The molecular weight excluding hydrogens is 268 g/mol. The predicted molar refractivity (Wildman–Crippen MR) is 69.3 cm³/mol. The van der Waals surface area contributed by atoms with Crippen LogP contribution in [-0.4, -0.2) is 76.3 Å². The van der Waals surface area contributed by atoms with Crippen molar-refractivity contribution in [3.05, 3.63) is 0 Å². The molecule has 1 aliphatic heterocycles. The van der Waals surface area contributed by atoms with Gasteiger partial charge >= 0.3 is 12.0 Å². The van der Waals surface area contributed by atoms with Crippen molar-refractivity contribution in [2.24, 2.45) is 0 Å². The van der Waals surface area contributed by atoms with Gasteiger partial charge in [-0.2, -0.15) is 0 Å². The van der Waals surface area contributed by atoms with E-state index < -0.39 is 29.7 Å². The number of hydrogen-bond donors (Lipinski definition) is 4. The minimum atomic E-state index is -1.20. The maximum absolute atomic E-state index is 12.1. The van der Waals surface area contributed by atoms with Gasteiger partial charge in [-0.05, 0) is 13.8 Å². The Morgan fingerprint density at radius 1 is 1.45 bits per heavy atom. The van der Waals surface area contributed by atoms with Crippen LogP contribution in [0.5, 0.6) is 0 Å². The van der Waals surface area contributed by atoms with Crippen molar-refractivity contribution in [3.63, 3.8) is 0 Å². The van der Waals surface area contributed by atoms with E-state index in [2.05, 4.69) is 5.32 Å². The lowest BCUT2D eigenvalue weighted by atomic mass is 10.1. The van der Waals surface area contributed by atoms with Crippen LogP contribution < -0.4 is 5.32 Å². The largest absolute Gasteiger partial charge is 0.480 e. The molecule has 1 aliphatic rings. The number of nitrogens with one attached hydrogen (secondary N) is 1. The Balaban J connectivity index is 2.67. The number of nitrogens with zero attached hydrogens (tertiary/aromatic N) is 1. The summed E-state index contributed by atoms with van der Waals surface area (Å²) >= 11 is 0. The third-order valence-electron chi connectivity index (χ3n) is 2.99. The van der Waals surface area contributed by atoms with E-state index >= 15 is 0 Å². The molecule has 1 fully saturated rings. The molecule has 1 heterocycles. The number of ether oxygens (including phenoxy) is 1. The Labute approximate surface area is 117 Å². The number of hydrogen-bond acceptors (Lipinski definition) is 5. The van der Waals surface area contributed by atoms with Gasteiger partial charge in [-0.25, -0.2) is 9.59 Å². The van der Waals surface area contributed by atoms with Gasteiger partial charge in [0, 0.05) is 13.0 Å². The second-order valence-corrected chi connectivity index (χ2v) is 5.42. The summed E-state index contributed by atoms with van der Waals surface area (Å²) in [5.41, 5.74) is -0.612. The second kappa shape index (κ2) is 6.87. The molecule has 2 amide bonds. The molecule has 2 atom stereocenters. The summed E-state index contributed by atoms with van der Waals surface area (Å²) in [5, 5.41) is 29.3. The third kappa shape index (κ3) is 4.62. The zero-order chi connectivity index (χ0) is 15.3. The van der Waals surface area contributed by atoms with E-state index in [1.54, 1.807) is 13.8 Å². The van der Waals surface area contributed by atoms with Crippen molar-refractivity contribution < 1.29 is 29.6 Å². The number of carbonyl (C=O) groups is 2. The molecule has 8 heteroatoms. The molecule has 20 heavy (non-hydrogen) atoms. The Bertz CT molecular complexity index is 360. The number of carboxylic acid groups (broad SMARTS) is 1. The van der Waals surface area contributed by atoms with E-state index in [0.29, 0.717) is 6.54 Å². The highest BCUT2D eigenvalue weighted by atomic mass is 16.5. The van der Waals surface area contributed by atoms with Gasteiger partial charge < -0.3 is 30.3 Å². The van der Waals surface area contributed by atoms with Crippen LogP contribution >= 0.6 is 0 Å². The molecule has 0 aliphatic carbocycles. The predicted octanol–water partition coefficient (Wildman–Crippen LogP) is -0.997. The molecule has 8 nitrogen and oxygen atoms in total. The molecule has 4 N–H and O–H groups in total. The number of aliphatic carboxylic acids is 1. The summed E-state index contributed by atoms with van der Waals surface area (Å²) in [6.45, 7) is 3.52. The van der Waals surface area contributed by atoms with Crippen LogP contribution in [0.2, 0.25) is 0 Å². The third-order valence-corrected chi connectivity index (χ3v) is 2.99. The molecule has 0 bridgehead atoms. The van der Waals surface area contributed by atoms with Crippen molar-refractivity contribution in [2.45, 2.75) is 38.0 Å². The van der Waals surface area contributed by atoms with Crippen LogP contribution in [-0.2, 0) is 9.53 Å². The number of carboxylic acids is 1. The van der Waals surface area contributed by atoms with E-state index in [-0.39, 0.29) is 26.2 Å². The Morgan fingerprint density at radius 3 is 2.60 bits per heavy atom. The maximum Gasteiger partial charge on any atom is 0.326 e. The lowest BCUT2D eigenvalue weighted by Gasteiger charge is -2.42. The first-order valence-corrected chi connectivity index (χ1v) is 6.47. The Kier molecular flexibility index (Phi) is 5.73. The Morgan fingerprint density at radius 2 is 2.10 bits per heavy atom. The highest BCUT2D eigenvalue weighted by Gasteiger charge is 2.36. The molecule has 116 valence electrons. The first kappa shape index (κ1) is 16.7. The summed E-state index contributed by atoms with van der Waals surface area (Å²) in [6, 6.07) is -1.67. The summed E-state index contributed by atoms with van der Waals surface area (Å²) in [5.74, 6) is -1.20. The first-order valence-electron chi connectivity index (χ1n) is 6.47. The highest BCUT2D eigenvalue weighted by Crippen LogP contribution is 2.20. The smallest absolute Gasteiger partial charge is 0.326 e. The van der Waals surface area contributed by atoms with Crippen LogP contribution in [0.15, 0.2) is 0 Å². The molecule has 0 saturated carbocycles. The molecular formula is C12H22N2O6. The molecule has 0 radical (unpaired) electrons. The van der Waals surface area contributed by atoms with Crippen LogP contribution in [0.1, 0.15) is 20.3 Å². The number of aliphatic hydroxyl groups excluding tert-OH is 2. The van der Waals surface area contributed by atoms with E-state index in [9.17, 15) is 9.59 Å². The van der Waals surface area contributed by atoms with Gasteiger partial charge in [-0.15, -0.1) is 0 Å². The van der Waals surface area contributed by atoms with Crippen molar-refractivity contribution in [2.75, 3.05) is 26.3 Å². The molecule has 1 rings (SSSR count). The van der Waals surface area contributed by atoms with Crippen LogP contribution in [0.3, 0.4) is 0 Å². The van der Waals surface area contributed by atoms with Crippen molar-refractivity contribution >= 4 is 12.0 Å². The van der Waals surface area contributed by atoms with Gasteiger partial charge in [0.25, 0.3) is 0 Å². The van der Waals surface area contributed by atoms with Gasteiger partial charge in [0.2, 0.25) is 0 Å². The van der Waals surface area contributed by atoms with E-state index in [1.807, 2.05) is 0 Å². The highest BCUT2D eigenvalue weighted by molar-refractivity contribution is 5.82. The fourth-order valence-electron chi connectivity index (χ4n) is 2.17. The zero-order valence-electron chi connectivity index (χ0n) is 11.7. The number of morpholine rings is 1. The molecule has 1 saturated heterocycles. The fourth-order valence-corrected chi connectivity index (χ4v) is 2.17. The molecule has 1 unspecified atom stereocenters. The molecule has 0 aromatic carbocycles. The van der Waals surface area contributed by atoms with E-state index in [1.165, 1.54) is 4.90 Å². The lowest BCUT2D eigenvalue weighted by Crippen LogP contribution is -2.59. The van der Waals surface area contributed by atoms with Gasteiger partial charge in [0.05, 0.1) is 31.4 Å². The second-order valence-electron chi connectivity index (χ2n) is 5.42. The maximum atomic E-state index is 12.1. The minimum absolute atomic E-state index is 0.0573. The average molecular weight is 290 g/mol. The molecule has 0 aromatic rings. The first-order chi connectivity index (χ1) is 9.29. The topological polar surface area (TPSA) is 119 Å². The summed E-state index contributed by atoms with van der Waals surface area (Å²) in [4.78, 5) is 24.4. The van der Waals surface area contributed by atoms with Crippen molar-refractivity contribution in [1.29, 1.82) is 0 Å². The summed E-state index contributed by atoms with van der Waals surface area (Å²) in [7, 11) is 0. The zero-order valence-corrected chi connectivity index (χ0v) is 11.7. The van der Waals surface area contributed by atoms with E-state index in [0.717, 1.165) is 0 Å². The lowest BCUT2D eigenvalue weighted by molar-refractivity contribution is -0.141. The van der Waals surface area contributed by atoms with Gasteiger partial charge in [-0.1, -0.05) is 0 Å². The van der Waals surface area contributed by atoms with Gasteiger partial charge in [0.1, 0.15) is 6.04 Å². The van der Waals surface area contributed by atoms with Gasteiger partial charge in [-0.3, -0.25) is 0 Å². The van der Waals surface area contributed by atoms with Crippen LogP contribution in [0, 0.1) is 0 Å². The normalized spacial score (nSPS) is 23.2. The van der Waals surface area contributed by atoms with Gasteiger partial charge in [0.15, 0.2) is 0 Å². The minimum Gasteiger partial charge on any atom is -0.480 e. The van der Waals surface area contributed by atoms with E-state index in [4.69, 9.17) is 20.1 Å². The summed E-state index contributed by atoms with van der Waals surface area (Å²) < 4.78 is 5.58. The number of carbonyl (C=O) groups excluding carboxylic acids is 1. The Hall–Kier alpha value is -1.38. The monoisotopic (exact) mass is 290 g/mol.